The van der Waals surface area contributed by atoms with Crippen LogP contribution >= 0.6 is 11.6 Å². The van der Waals surface area contributed by atoms with E-state index in [-0.39, 0.29) is 11.1 Å². The molecule has 1 N–H and O–H groups in total. The second kappa shape index (κ2) is 5.09. The molecular weight excluding hydrogens is 222 g/mol. The first kappa shape index (κ1) is 11.9. The molecule has 0 aromatic carbocycles. The standard InChI is InChI=1S/C8H12ClN3O3/c1-2-6(13)3-4-11-5-7(12(14)15)10-8(11)9/h5-6,13H,2-4H2,1H3. The molecule has 7 heteroatoms. The lowest BCUT2D eigenvalue weighted by molar-refractivity contribution is -0.389. The fraction of sp³-hybridized carbons (Fsp3) is 0.625. The lowest BCUT2D eigenvalue weighted by Crippen LogP contribution is -2.09. The Hall–Kier alpha value is -1.14. The molecule has 15 heavy (non-hydrogen) atoms. The van der Waals surface area contributed by atoms with E-state index in [1.54, 1.807) is 0 Å². The van der Waals surface area contributed by atoms with E-state index in [9.17, 15) is 15.2 Å². The SMILES string of the molecule is CCC(O)CCn1cc([N+](=O)[O-])nc1Cl. The highest BCUT2D eigenvalue weighted by molar-refractivity contribution is 6.28. The Bertz CT molecular complexity index is 353. The summed E-state index contributed by atoms with van der Waals surface area (Å²) in [6, 6.07) is 0. The van der Waals surface area contributed by atoms with Gasteiger partial charge in [-0.2, -0.15) is 0 Å². The summed E-state index contributed by atoms with van der Waals surface area (Å²) in [5.41, 5.74) is 0. The Morgan fingerprint density at radius 2 is 2.47 bits per heavy atom. The van der Waals surface area contributed by atoms with Crippen LogP contribution in [0.5, 0.6) is 0 Å². The lowest BCUT2D eigenvalue weighted by atomic mass is 10.2. The van der Waals surface area contributed by atoms with E-state index in [4.69, 9.17) is 11.6 Å². The molecule has 1 aromatic rings. The number of aliphatic hydroxyl groups excluding tert-OH is 1. The third-order valence-corrected chi connectivity index (χ3v) is 2.38. The molecule has 0 aliphatic carbocycles. The normalized spacial score (nSPS) is 12.7. The van der Waals surface area contributed by atoms with Crippen LogP contribution in [0.1, 0.15) is 19.8 Å². The van der Waals surface area contributed by atoms with Crippen LogP contribution in [0, 0.1) is 10.1 Å². The van der Waals surface area contributed by atoms with Crippen LogP contribution in [0.15, 0.2) is 6.20 Å². The van der Waals surface area contributed by atoms with Crippen LogP contribution < -0.4 is 0 Å². The Kier molecular flexibility index (Phi) is 4.05. The number of hydrogen-bond donors (Lipinski definition) is 1. The number of nitro groups is 1. The van der Waals surface area contributed by atoms with Crippen molar-refractivity contribution in [2.45, 2.75) is 32.4 Å². The highest BCUT2D eigenvalue weighted by atomic mass is 35.5. The van der Waals surface area contributed by atoms with E-state index in [0.717, 1.165) is 0 Å². The molecular formula is C8H12ClN3O3. The fourth-order valence-corrected chi connectivity index (χ4v) is 1.34. The van der Waals surface area contributed by atoms with E-state index in [1.165, 1.54) is 10.8 Å². The van der Waals surface area contributed by atoms with E-state index in [1.807, 2.05) is 6.92 Å². The Balaban J connectivity index is 2.65. The maximum absolute atomic E-state index is 10.4. The van der Waals surface area contributed by atoms with Crippen molar-refractivity contribution in [1.29, 1.82) is 0 Å². The van der Waals surface area contributed by atoms with Crippen LogP contribution in [-0.2, 0) is 6.54 Å². The van der Waals surface area contributed by atoms with E-state index in [0.29, 0.717) is 19.4 Å². The van der Waals surface area contributed by atoms with Gasteiger partial charge in [0.05, 0.1) is 6.10 Å². The molecule has 0 fully saturated rings. The number of rotatable bonds is 5. The smallest absolute Gasteiger partial charge is 0.383 e. The van der Waals surface area contributed by atoms with Crippen molar-refractivity contribution in [3.05, 3.63) is 21.6 Å². The average molecular weight is 234 g/mol. The van der Waals surface area contributed by atoms with Crippen LogP contribution in [-0.4, -0.2) is 25.7 Å². The number of imidazole rings is 1. The molecule has 6 nitrogen and oxygen atoms in total. The molecule has 0 saturated carbocycles. The molecule has 0 saturated heterocycles. The molecule has 0 spiro atoms. The minimum atomic E-state index is -0.599. The van der Waals surface area contributed by atoms with Gasteiger partial charge in [-0.05, 0) is 34.3 Å². The van der Waals surface area contributed by atoms with Crippen molar-refractivity contribution in [2.24, 2.45) is 0 Å². The van der Waals surface area contributed by atoms with Gasteiger partial charge < -0.3 is 15.2 Å². The molecule has 0 radical (unpaired) electrons. The zero-order chi connectivity index (χ0) is 11.4. The number of aliphatic hydroxyl groups is 1. The summed E-state index contributed by atoms with van der Waals surface area (Å²) in [5.74, 6) is -0.272. The van der Waals surface area contributed by atoms with Crippen LogP contribution in [0.3, 0.4) is 0 Å². The summed E-state index contributed by atoms with van der Waals surface area (Å²) in [5, 5.41) is 19.8. The summed E-state index contributed by atoms with van der Waals surface area (Å²) in [4.78, 5) is 13.3. The van der Waals surface area contributed by atoms with Crippen molar-refractivity contribution in [2.75, 3.05) is 0 Å². The van der Waals surface area contributed by atoms with Crippen molar-refractivity contribution < 1.29 is 10.0 Å². The number of aryl methyl sites for hydroxylation is 1. The number of hydrogen-bond acceptors (Lipinski definition) is 4. The van der Waals surface area contributed by atoms with Crippen molar-refractivity contribution in [3.8, 4) is 0 Å². The zero-order valence-electron chi connectivity index (χ0n) is 8.26. The van der Waals surface area contributed by atoms with Gasteiger partial charge in [-0.3, -0.25) is 4.57 Å². The topological polar surface area (TPSA) is 81.2 Å². The molecule has 1 unspecified atom stereocenters. The van der Waals surface area contributed by atoms with Crippen LogP contribution in [0.2, 0.25) is 5.28 Å². The van der Waals surface area contributed by atoms with Gasteiger partial charge in [0.25, 0.3) is 0 Å². The molecule has 1 rings (SSSR count). The Labute approximate surface area is 91.6 Å². The van der Waals surface area contributed by atoms with Gasteiger partial charge in [0.2, 0.25) is 0 Å². The summed E-state index contributed by atoms with van der Waals surface area (Å²) in [6.45, 7) is 2.29. The van der Waals surface area contributed by atoms with E-state index in [2.05, 4.69) is 4.98 Å². The maximum atomic E-state index is 10.4. The van der Waals surface area contributed by atoms with E-state index < -0.39 is 11.0 Å². The van der Waals surface area contributed by atoms with Crippen molar-refractivity contribution in [1.82, 2.24) is 9.55 Å². The second-order valence-electron chi connectivity index (χ2n) is 3.17. The largest absolute Gasteiger partial charge is 0.393 e. The molecule has 1 aromatic heterocycles. The third kappa shape index (κ3) is 3.17. The summed E-state index contributed by atoms with van der Waals surface area (Å²) < 4.78 is 1.46. The summed E-state index contributed by atoms with van der Waals surface area (Å²) in [7, 11) is 0. The number of aromatic nitrogens is 2. The molecule has 1 atom stereocenters. The second-order valence-corrected chi connectivity index (χ2v) is 3.51. The third-order valence-electron chi connectivity index (χ3n) is 2.08. The Morgan fingerprint density at radius 1 is 1.80 bits per heavy atom. The summed E-state index contributed by atoms with van der Waals surface area (Å²) >= 11 is 5.68. The van der Waals surface area contributed by atoms with Gasteiger partial charge in [-0.15, -0.1) is 0 Å². The fourth-order valence-electron chi connectivity index (χ4n) is 1.12. The predicted octanol–water partition coefficient (Wildman–Crippen LogP) is 1.61. The van der Waals surface area contributed by atoms with Gasteiger partial charge in [0.15, 0.2) is 0 Å². The molecule has 0 aliphatic heterocycles. The Morgan fingerprint density at radius 3 is 2.93 bits per heavy atom. The van der Waals surface area contributed by atoms with Gasteiger partial charge >= 0.3 is 11.1 Å². The van der Waals surface area contributed by atoms with Gasteiger partial charge in [0, 0.05) is 6.54 Å². The average Bonchev–Trinajstić information content (AvgIpc) is 2.56. The maximum Gasteiger partial charge on any atom is 0.383 e. The summed E-state index contributed by atoms with van der Waals surface area (Å²) in [6.07, 6.45) is 2.01. The minimum Gasteiger partial charge on any atom is -0.393 e. The van der Waals surface area contributed by atoms with Crippen LogP contribution in [0.25, 0.3) is 0 Å². The minimum absolute atomic E-state index is 0.0741. The highest BCUT2D eigenvalue weighted by Crippen LogP contribution is 2.16. The lowest BCUT2D eigenvalue weighted by Gasteiger charge is -2.06. The molecule has 1 heterocycles. The zero-order valence-corrected chi connectivity index (χ0v) is 9.02. The highest BCUT2D eigenvalue weighted by Gasteiger charge is 2.16. The van der Waals surface area contributed by atoms with Crippen LogP contribution in [0.4, 0.5) is 5.82 Å². The predicted molar refractivity (Wildman–Crippen MR) is 54.8 cm³/mol. The van der Waals surface area contributed by atoms with E-state index >= 15 is 0 Å². The first-order valence-corrected chi connectivity index (χ1v) is 4.97. The van der Waals surface area contributed by atoms with Gasteiger partial charge in [-0.1, -0.05) is 6.92 Å². The molecule has 0 amide bonds. The van der Waals surface area contributed by atoms with Crippen molar-refractivity contribution in [3.63, 3.8) is 0 Å². The first-order chi connectivity index (χ1) is 7.04. The van der Waals surface area contributed by atoms with Gasteiger partial charge in [0.1, 0.15) is 6.20 Å². The monoisotopic (exact) mass is 233 g/mol. The van der Waals surface area contributed by atoms with Gasteiger partial charge in [-0.25, -0.2) is 0 Å². The number of halogens is 1. The first-order valence-electron chi connectivity index (χ1n) is 4.59. The molecule has 0 bridgehead atoms. The molecule has 0 aliphatic rings. The van der Waals surface area contributed by atoms with Crippen molar-refractivity contribution >= 4 is 17.4 Å². The quantitative estimate of drug-likeness (QED) is 0.619. The number of nitrogens with zero attached hydrogens (tertiary/aromatic N) is 3. The molecule has 84 valence electrons.